The van der Waals surface area contributed by atoms with Crippen LogP contribution in [0.5, 0.6) is 11.5 Å². The Labute approximate surface area is 202 Å². The van der Waals surface area contributed by atoms with Crippen molar-refractivity contribution < 1.29 is 19.1 Å². The third kappa shape index (κ3) is 5.92. The van der Waals surface area contributed by atoms with Crippen molar-refractivity contribution in [3.63, 3.8) is 0 Å². The molecule has 0 spiro atoms. The molecule has 2 amide bonds. The van der Waals surface area contributed by atoms with Gasteiger partial charge >= 0.3 is 0 Å². The molecule has 0 aromatic heterocycles. The van der Waals surface area contributed by atoms with Crippen LogP contribution in [-0.4, -0.2) is 48.3 Å². The minimum absolute atomic E-state index is 0.0937. The van der Waals surface area contributed by atoms with E-state index in [4.69, 9.17) is 27.0 Å². The van der Waals surface area contributed by atoms with Crippen LogP contribution in [0.2, 0.25) is 0 Å². The highest BCUT2D eigenvalue weighted by Gasteiger charge is 2.32. The van der Waals surface area contributed by atoms with Gasteiger partial charge in [0.1, 0.15) is 4.32 Å². The lowest BCUT2D eigenvalue weighted by atomic mass is 10.2. The summed E-state index contributed by atoms with van der Waals surface area (Å²) in [6.07, 6.45) is 2.05. The molecule has 0 radical (unpaired) electrons. The van der Waals surface area contributed by atoms with Crippen molar-refractivity contribution in [1.82, 2.24) is 4.90 Å². The molecule has 1 aliphatic rings. The number of benzene rings is 2. The van der Waals surface area contributed by atoms with E-state index in [0.29, 0.717) is 20.7 Å². The minimum Gasteiger partial charge on any atom is -0.493 e. The third-order valence-electron chi connectivity index (χ3n) is 4.94. The second kappa shape index (κ2) is 11.5. The molecule has 0 bridgehead atoms. The Morgan fingerprint density at radius 3 is 2.58 bits per heavy atom. The molecule has 0 N–H and O–H groups in total. The van der Waals surface area contributed by atoms with Gasteiger partial charge in [-0.2, -0.15) is 5.26 Å². The van der Waals surface area contributed by atoms with Crippen molar-refractivity contribution in [1.29, 1.82) is 5.26 Å². The highest BCUT2D eigenvalue weighted by Crippen LogP contribution is 2.34. The fourth-order valence-electron chi connectivity index (χ4n) is 3.30. The SMILES string of the molecule is COc1ccc(/C=C2\SC(=S)N(CCC(=O)N(CCC#N)c3ccccc3)C2=O)cc1OC. The summed E-state index contributed by atoms with van der Waals surface area (Å²) in [4.78, 5) is 29.3. The fourth-order valence-corrected chi connectivity index (χ4v) is 4.61. The lowest BCUT2D eigenvalue weighted by Crippen LogP contribution is -2.36. The third-order valence-corrected chi connectivity index (χ3v) is 6.32. The van der Waals surface area contributed by atoms with E-state index in [2.05, 4.69) is 6.07 Å². The second-order valence-corrected chi connectivity index (χ2v) is 8.66. The second-order valence-electron chi connectivity index (χ2n) is 6.99. The monoisotopic (exact) mass is 481 g/mol. The van der Waals surface area contributed by atoms with Crippen LogP contribution >= 0.6 is 24.0 Å². The van der Waals surface area contributed by atoms with E-state index in [1.54, 1.807) is 37.3 Å². The maximum atomic E-state index is 12.9. The standard InChI is InChI=1S/C24H23N3O4S2/c1-30-19-10-9-17(15-20(19)31-2)16-21-23(29)27(24(32)33-21)14-11-22(28)26(13-6-12-25)18-7-4-3-5-8-18/h3-5,7-10,15-16H,6,11,13-14H2,1-2H3/b21-16-. The summed E-state index contributed by atoms with van der Waals surface area (Å²) >= 11 is 6.59. The van der Waals surface area contributed by atoms with Gasteiger partial charge in [0.05, 0.1) is 31.6 Å². The van der Waals surface area contributed by atoms with Gasteiger partial charge in [0, 0.05) is 25.2 Å². The number of thiocarbonyl (C=S) groups is 1. The van der Waals surface area contributed by atoms with E-state index < -0.39 is 0 Å². The van der Waals surface area contributed by atoms with E-state index in [1.165, 1.54) is 16.7 Å². The summed E-state index contributed by atoms with van der Waals surface area (Å²) in [7, 11) is 3.11. The topological polar surface area (TPSA) is 82.9 Å². The molecule has 7 nitrogen and oxygen atoms in total. The molecule has 2 aromatic carbocycles. The predicted octanol–water partition coefficient (Wildman–Crippen LogP) is 4.24. The Morgan fingerprint density at radius 2 is 1.91 bits per heavy atom. The summed E-state index contributed by atoms with van der Waals surface area (Å²) in [6, 6.07) is 16.6. The van der Waals surface area contributed by atoms with Gasteiger partial charge in [-0.15, -0.1) is 0 Å². The van der Waals surface area contributed by atoms with E-state index in [9.17, 15) is 9.59 Å². The highest BCUT2D eigenvalue weighted by molar-refractivity contribution is 8.26. The molecule has 33 heavy (non-hydrogen) atoms. The van der Waals surface area contributed by atoms with Gasteiger partial charge in [-0.3, -0.25) is 14.5 Å². The number of amides is 2. The van der Waals surface area contributed by atoms with Crippen LogP contribution in [-0.2, 0) is 9.59 Å². The van der Waals surface area contributed by atoms with Gasteiger partial charge in [-0.25, -0.2) is 0 Å². The number of nitrogens with zero attached hydrogens (tertiary/aromatic N) is 3. The number of methoxy groups -OCH3 is 2. The minimum atomic E-state index is -0.240. The average molecular weight is 482 g/mol. The molecule has 1 fully saturated rings. The van der Waals surface area contributed by atoms with Gasteiger partial charge < -0.3 is 14.4 Å². The molecule has 3 rings (SSSR count). The van der Waals surface area contributed by atoms with Crippen LogP contribution in [0.4, 0.5) is 5.69 Å². The first-order chi connectivity index (χ1) is 16.0. The van der Waals surface area contributed by atoms with Crippen molar-refractivity contribution in [2.75, 3.05) is 32.2 Å². The first kappa shape index (κ1) is 24.3. The molecule has 0 saturated carbocycles. The van der Waals surface area contributed by atoms with E-state index in [1.807, 2.05) is 36.4 Å². The maximum absolute atomic E-state index is 12.9. The van der Waals surface area contributed by atoms with Crippen LogP contribution in [0.1, 0.15) is 18.4 Å². The zero-order valence-electron chi connectivity index (χ0n) is 18.3. The zero-order chi connectivity index (χ0) is 23.8. The quantitative estimate of drug-likeness (QED) is 0.391. The number of anilines is 1. The Bertz CT molecular complexity index is 1110. The van der Waals surface area contributed by atoms with E-state index >= 15 is 0 Å². The number of hydrogen-bond donors (Lipinski definition) is 0. The summed E-state index contributed by atoms with van der Waals surface area (Å²) in [5.74, 6) is 0.746. The molecule has 9 heteroatoms. The fraction of sp³-hybridized carbons (Fsp3) is 0.250. The van der Waals surface area contributed by atoms with Crippen molar-refractivity contribution in [2.24, 2.45) is 0 Å². The number of thioether (sulfide) groups is 1. The Kier molecular flexibility index (Phi) is 8.46. The van der Waals surface area contributed by atoms with Gasteiger partial charge in [-0.1, -0.05) is 48.2 Å². The molecule has 0 atom stereocenters. The lowest BCUT2D eigenvalue weighted by molar-refractivity contribution is -0.123. The number of hydrogen-bond acceptors (Lipinski definition) is 7. The maximum Gasteiger partial charge on any atom is 0.266 e. The normalized spacial score (nSPS) is 14.3. The van der Waals surface area contributed by atoms with Crippen molar-refractivity contribution in [2.45, 2.75) is 12.8 Å². The van der Waals surface area contributed by atoms with Gasteiger partial charge in [0.25, 0.3) is 5.91 Å². The van der Waals surface area contributed by atoms with Gasteiger partial charge in [0.2, 0.25) is 5.91 Å². The first-order valence-corrected chi connectivity index (χ1v) is 11.4. The summed E-state index contributed by atoms with van der Waals surface area (Å²) in [5.41, 5.74) is 1.49. The highest BCUT2D eigenvalue weighted by atomic mass is 32.2. The number of para-hydroxylation sites is 1. The van der Waals surface area contributed by atoms with Crippen LogP contribution in [0, 0.1) is 11.3 Å². The van der Waals surface area contributed by atoms with E-state index in [0.717, 1.165) is 11.3 Å². The Balaban J connectivity index is 1.70. The van der Waals surface area contributed by atoms with E-state index in [-0.39, 0.29) is 37.7 Å². The summed E-state index contributed by atoms with van der Waals surface area (Å²) in [5, 5.41) is 8.95. The smallest absolute Gasteiger partial charge is 0.266 e. The number of ether oxygens (including phenoxy) is 2. The van der Waals surface area contributed by atoms with Crippen LogP contribution in [0.25, 0.3) is 6.08 Å². The largest absolute Gasteiger partial charge is 0.493 e. The average Bonchev–Trinajstić information content (AvgIpc) is 3.10. The molecule has 0 unspecified atom stereocenters. The lowest BCUT2D eigenvalue weighted by Gasteiger charge is -2.23. The number of rotatable bonds is 9. The number of carbonyl (C=O) groups is 2. The Morgan fingerprint density at radius 1 is 1.18 bits per heavy atom. The van der Waals surface area contributed by atoms with Crippen LogP contribution in [0.15, 0.2) is 53.4 Å². The molecule has 1 heterocycles. The van der Waals surface area contributed by atoms with Crippen LogP contribution < -0.4 is 14.4 Å². The van der Waals surface area contributed by atoms with Crippen LogP contribution in [0.3, 0.4) is 0 Å². The first-order valence-electron chi connectivity index (χ1n) is 10.2. The van der Waals surface area contributed by atoms with Gasteiger partial charge in [-0.05, 0) is 35.9 Å². The molecular weight excluding hydrogens is 458 g/mol. The molecule has 1 aliphatic heterocycles. The molecule has 2 aromatic rings. The van der Waals surface area contributed by atoms with Crippen molar-refractivity contribution >= 4 is 51.9 Å². The molecule has 1 saturated heterocycles. The molecule has 170 valence electrons. The zero-order valence-corrected chi connectivity index (χ0v) is 19.9. The summed E-state index contributed by atoms with van der Waals surface area (Å²) in [6.45, 7) is 0.458. The molecular formula is C24H23N3O4S2. The summed E-state index contributed by atoms with van der Waals surface area (Å²) < 4.78 is 11.0. The number of carbonyl (C=O) groups excluding carboxylic acids is 2. The molecule has 0 aliphatic carbocycles. The number of nitriles is 1. The van der Waals surface area contributed by atoms with Gasteiger partial charge in [0.15, 0.2) is 11.5 Å². The Hall–Kier alpha value is -3.35. The predicted molar refractivity (Wildman–Crippen MR) is 133 cm³/mol. The van der Waals surface area contributed by atoms with Crippen molar-refractivity contribution in [3.05, 3.63) is 59.0 Å². The van der Waals surface area contributed by atoms with Crippen molar-refractivity contribution in [3.8, 4) is 17.6 Å².